The van der Waals surface area contributed by atoms with Crippen LogP contribution in [0, 0.1) is 5.92 Å². The quantitative estimate of drug-likeness (QED) is 0.507. The van der Waals surface area contributed by atoms with E-state index in [1.165, 1.54) is 25.9 Å². The van der Waals surface area contributed by atoms with Gasteiger partial charge in [0.1, 0.15) is 0 Å². The van der Waals surface area contributed by atoms with Crippen molar-refractivity contribution in [1.82, 2.24) is 4.31 Å². The third kappa shape index (κ3) is 2.36. The molecule has 0 aromatic heterocycles. The van der Waals surface area contributed by atoms with Crippen molar-refractivity contribution in [3.05, 3.63) is 0 Å². The van der Waals surface area contributed by atoms with E-state index in [4.69, 9.17) is 0 Å². The summed E-state index contributed by atoms with van der Waals surface area (Å²) in [7, 11) is 0. The molecular formula is C7H15NS2. The van der Waals surface area contributed by atoms with Crippen LogP contribution >= 0.6 is 24.6 Å². The third-order valence-electron chi connectivity index (χ3n) is 2.09. The Kier molecular flexibility index (Phi) is 3.96. The first-order valence-corrected chi connectivity index (χ1v) is 5.58. The van der Waals surface area contributed by atoms with Crippen LogP contribution in [0.3, 0.4) is 0 Å². The minimum atomic E-state index is 0.881. The normalized spacial score (nSPS) is 23.4. The van der Waals surface area contributed by atoms with Crippen molar-refractivity contribution >= 4 is 24.6 Å². The summed E-state index contributed by atoms with van der Waals surface area (Å²) in [6, 6.07) is 0. The molecule has 1 heterocycles. The summed E-state index contributed by atoms with van der Waals surface area (Å²) < 4.78 is 2.43. The van der Waals surface area contributed by atoms with Gasteiger partial charge in [0.25, 0.3) is 0 Å². The van der Waals surface area contributed by atoms with Gasteiger partial charge in [0, 0.05) is 13.1 Å². The van der Waals surface area contributed by atoms with Crippen molar-refractivity contribution in [2.45, 2.75) is 12.8 Å². The van der Waals surface area contributed by atoms with Crippen LogP contribution in [0.4, 0.5) is 0 Å². The lowest BCUT2D eigenvalue weighted by Gasteiger charge is -2.28. The van der Waals surface area contributed by atoms with Gasteiger partial charge in [0.2, 0.25) is 0 Å². The minimum absolute atomic E-state index is 0.881. The smallest absolute Gasteiger partial charge is 0.00921 e. The van der Waals surface area contributed by atoms with E-state index in [0.29, 0.717) is 0 Å². The van der Waals surface area contributed by atoms with E-state index in [-0.39, 0.29) is 0 Å². The van der Waals surface area contributed by atoms with Crippen molar-refractivity contribution < 1.29 is 0 Å². The van der Waals surface area contributed by atoms with Crippen LogP contribution in [0.5, 0.6) is 0 Å². The molecule has 60 valence electrons. The van der Waals surface area contributed by atoms with E-state index >= 15 is 0 Å². The lowest BCUT2D eigenvalue weighted by atomic mass is 10.0. The monoisotopic (exact) mass is 177 g/mol. The van der Waals surface area contributed by atoms with E-state index in [0.717, 1.165) is 11.7 Å². The van der Waals surface area contributed by atoms with Gasteiger partial charge in [0.15, 0.2) is 0 Å². The highest BCUT2D eigenvalue weighted by Gasteiger charge is 2.16. The fourth-order valence-electron chi connectivity index (χ4n) is 1.27. The maximum atomic E-state index is 4.30. The highest BCUT2D eigenvalue weighted by Crippen LogP contribution is 2.21. The fourth-order valence-corrected chi connectivity index (χ4v) is 2.22. The number of thiol groups is 1. The zero-order chi connectivity index (χ0) is 7.40. The molecule has 0 atom stereocenters. The van der Waals surface area contributed by atoms with E-state index in [1.807, 2.05) is 11.9 Å². The average Bonchev–Trinajstić information content (AvgIpc) is 2.05. The first-order chi connectivity index (χ1) is 4.86. The van der Waals surface area contributed by atoms with Gasteiger partial charge in [-0.3, -0.25) is 4.31 Å². The van der Waals surface area contributed by atoms with Gasteiger partial charge >= 0.3 is 0 Å². The Morgan fingerprint density at radius 2 is 2.10 bits per heavy atom. The summed E-state index contributed by atoms with van der Waals surface area (Å²) in [6.45, 7) is 2.51. The second-order valence-corrected chi connectivity index (χ2v) is 3.98. The number of hydrogen-bond donors (Lipinski definition) is 1. The molecule has 0 radical (unpaired) electrons. The first-order valence-electron chi connectivity index (χ1n) is 3.76. The molecule has 10 heavy (non-hydrogen) atoms. The molecule has 1 aliphatic heterocycles. The van der Waals surface area contributed by atoms with Crippen LogP contribution in [0.15, 0.2) is 0 Å². The maximum Gasteiger partial charge on any atom is 0.00921 e. The lowest BCUT2D eigenvalue weighted by Crippen LogP contribution is -2.28. The van der Waals surface area contributed by atoms with Gasteiger partial charge in [-0.2, -0.15) is 12.6 Å². The Morgan fingerprint density at radius 3 is 2.50 bits per heavy atom. The molecule has 0 spiro atoms. The summed E-state index contributed by atoms with van der Waals surface area (Å²) >= 11 is 6.16. The molecule has 0 aromatic carbocycles. The van der Waals surface area contributed by atoms with Crippen LogP contribution in [-0.2, 0) is 0 Å². The molecular weight excluding hydrogens is 162 g/mol. The van der Waals surface area contributed by atoms with E-state index in [2.05, 4.69) is 23.2 Å². The highest BCUT2D eigenvalue weighted by atomic mass is 32.2. The van der Waals surface area contributed by atoms with Gasteiger partial charge in [-0.05, 0) is 30.8 Å². The Hall–Kier alpha value is 0.660. The van der Waals surface area contributed by atoms with Gasteiger partial charge < -0.3 is 0 Å². The maximum absolute atomic E-state index is 4.30. The molecule has 0 saturated carbocycles. The van der Waals surface area contributed by atoms with E-state index in [1.54, 1.807) is 0 Å². The standard InChI is InChI=1S/C7H15NS2/c1-10-8-4-2-7(6-9)3-5-8/h7,9H,2-6H2,1H3. The van der Waals surface area contributed by atoms with Crippen LogP contribution in [0.1, 0.15) is 12.8 Å². The number of nitrogens with zero attached hydrogens (tertiary/aromatic N) is 1. The molecule has 0 bridgehead atoms. The lowest BCUT2D eigenvalue weighted by molar-refractivity contribution is 0.313. The Labute approximate surface area is 73.1 Å². The van der Waals surface area contributed by atoms with E-state index < -0.39 is 0 Å². The number of piperidine rings is 1. The Balaban J connectivity index is 2.17. The molecule has 1 aliphatic rings. The highest BCUT2D eigenvalue weighted by molar-refractivity contribution is 7.96. The summed E-state index contributed by atoms with van der Waals surface area (Å²) in [5, 5.41) is 0. The van der Waals surface area contributed by atoms with Gasteiger partial charge in [-0.25, -0.2) is 0 Å². The summed E-state index contributed by atoms with van der Waals surface area (Å²) in [5.74, 6) is 1.95. The van der Waals surface area contributed by atoms with Crippen LogP contribution < -0.4 is 0 Å². The molecule has 0 aromatic rings. The zero-order valence-electron chi connectivity index (χ0n) is 6.42. The van der Waals surface area contributed by atoms with Crippen LogP contribution in [-0.4, -0.2) is 29.4 Å². The zero-order valence-corrected chi connectivity index (χ0v) is 8.13. The minimum Gasteiger partial charge on any atom is -0.251 e. The predicted molar refractivity (Wildman–Crippen MR) is 51.7 cm³/mol. The van der Waals surface area contributed by atoms with Gasteiger partial charge in [-0.15, -0.1) is 0 Å². The fraction of sp³-hybridized carbons (Fsp3) is 1.00. The van der Waals surface area contributed by atoms with Crippen molar-refractivity contribution in [1.29, 1.82) is 0 Å². The van der Waals surface area contributed by atoms with Crippen molar-refractivity contribution in [3.8, 4) is 0 Å². The second-order valence-electron chi connectivity index (χ2n) is 2.74. The predicted octanol–water partition coefficient (Wildman–Crippen LogP) is 1.91. The number of hydrogen-bond acceptors (Lipinski definition) is 3. The molecule has 3 heteroatoms. The second kappa shape index (κ2) is 4.52. The molecule has 0 N–H and O–H groups in total. The topological polar surface area (TPSA) is 3.24 Å². The Bertz CT molecular complexity index is 77.6. The summed E-state index contributed by atoms with van der Waals surface area (Å²) in [4.78, 5) is 0. The van der Waals surface area contributed by atoms with Gasteiger partial charge in [-0.1, -0.05) is 11.9 Å². The largest absolute Gasteiger partial charge is 0.251 e. The number of rotatable bonds is 2. The van der Waals surface area contributed by atoms with Crippen molar-refractivity contribution in [3.63, 3.8) is 0 Å². The summed E-state index contributed by atoms with van der Waals surface area (Å²) in [5.41, 5.74) is 0. The van der Waals surface area contributed by atoms with E-state index in [9.17, 15) is 0 Å². The van der Waals surface area contributed by atoms with Gasteiger partial charge in [0.05, 0.1) is 0 Å². The SMILES string of the molecule is CSN1CCC(CS)CC1. The Morgan fingerprint density at radius 1 is 1.50 bits per heavy atom. The van der Waals surface area contributed by atoms with Crippen molar-refractivity contribution in [2.24, 2.45) is 5.92 Å². The third-order valence-corrected chi connectivity index (χ3v) is 3.49. The van der Waals surface area contributed by atoms with Crippen LogP contribution in [0.25, 0.3) is 0 Å². The molecule has 1 rings (SSSR count). The summed E-state index contributed by atoms with van der Waals surface area (Å²) in [6.07, 6.45) is 4.83. The molecule has 1 saturated heterocycles. The molecule has 0 amide bonds. The van der Waals surface area contributed by atoms with Crippen LogP contribution in [0.2, 0.25) is 0 Å². The van der Waals surface area contributed by atoms with Crippen molar-refractivity contribution in [2.75, 3.05) is 25.1 Å². The molecule has 0 unspecified atom stereocenters. The molecule has 0 aliphatic carbocycles. The molecule has 1 fully saturated rings. The first kappa shape index (κ1) is 8.75. The average molecular weight is 177 g/mol. The molecule has 1 nitrogen and oxygen atoms in total.